The van der Waals surface area contributed by atoms with Crippen molar-refractivity contribution in [1.82, 2.24) is 0 Å². The van der Waals surface area contributed by atoms with E-state index in [1.165, 1.54) is 44.9 Å². The van der Waals surface area contributed by atoms with Crippen LogP contribution in [0.25, 0.3) is 0 Å². The first-order chi connectivity index (χ1) is 15.2. The van der Waals surface area contributed by atoms with E-state index in [1.807, 2.05) is 33.9 Å². The van der Waals surface area contributed by atoms with Crippen LogP contribution in [0.1, 0.15) is 114 Å². The molecule has 3 rings (SSSR count). The average molecular weight is 512 g/mol. The summed E-state index contributed by atoms with van der Waals surface area (Å²) >= 11 is 3.72. The number of hydrogen-bond acceptors (Lipinski definition) is 2. The monoisotopic (exact) mass is 510 g/mol. The topological polar surface area (TPSA) is 18.5 Å². The summed E-state index contributed by atoms with van der Waals surface area (Å²) in [4.78, 5) is -0.266. The van der Waals surface area contributed by atoms with Gasteiger partial charge in [-0.15, -0.1) is 0 Å². The maximum absolute atomic E-state index is 14.2. The molecular formula is C28H44BrFO2. The molecule has 0 spiro atoms. The van der Waals surface area contributed by atoms with Crippen LogP contribution in [0.4, 0.5) is 4.39 Å². The summed E-state index contributed by atoms with van der Waals surface area (Å²) in [6, 6.07) is 5.10. The predicted octanol–water partition coefficient (Wildman–Crippen LogP) is 9.24. The van der Waals surface area contributed by atoms with Crippen molar-refractivity contribution in [3.8, 4) is 0 Å². The van der Waals surface area contributed by atoms with Crippen molar-refractivity contribution in [3.05, 3.63) is 47.5 Å². The van der Waals surface area contributed by atoms with E-state index >= 15 is 0 Å². The van der Waals surface area contributed by atoms with Crippen molar-refractivity contribution in [1.29, 1.82) is 0 Å². The summed E-state index contributed by atoms with van der Waals surface area (Å²) in [6.45, 7) is 12.3. The molecule has 182 valence electrons. The molecule has 0 heterocycles. The Morgan fingerprint density at radius 2 is 1.75 bits per heavy atom. The summed E-state index contributed by atoms with van der Waals surface area (Å²) < 4.78 is 26.1. The highest BCUT2D eigenvalue weighted by Crippen LogP contribution is 2.42. The van der Waals surface area contributed by atoms with Gasteiger partial charge in [-0.25, -0.2) is 4.39 Å². The molecule has 0 N–H and O–H groups in total. The number of ether oxygens (including phenoxy) is 2. The summed E-state index contributed by atoms with van der Waals surface area (Å²) in [5, 5.41) is 0. The minimum absolute atomic E-state index is 0.144. The number of methoxy groups -OCH3 is 1. The molecule has 2 aliphatic carbocycles. The van der Waals surface area contributed by atoms with Gasteiger partial charge in [0, 0.05) is 13.0 Å². The third-order valence-electron chi connectivity index (χ3n) is 6.58. The highest BCUT2D eigenvalue weighted by Gasteiger charge is 2.32. The Bertz CT molecular complexity index is 700. The quantitative estimate of drug-likeness (QED) is 0.230. The van der Waals surface area contributed by atoms with Crippen molar-refractivity contribution in [2.24, 2.45) is 5.92 Å². The molecule has 32 heavy (non-hydrogen) atoms. The molecule has 1 aromatic carbocycles. The number of benzene rings is 1. The molecule has 0 saturated heterocycles. The first-order valence-corrected chi connectivity index (χ1v) is 13.4. The van der Waals surface area contributed by atoms with E-state index in [0.717, 1.165) is 36.3 Å². The highest BCUT2D eigenvalue weighted by atomic mass is 79.9. The van der Waals surface area contributed by atoms with Crippen molar-refractivity contribution >= 4 is 15.9 Å². The number of halogens is 2. The zero-order valence-electron chi connectivity index (χ0n) is 20.9. The number of alkyl halides is 1. The van der Waals surface area contributed by atoms with Gasteiger partial charge in [0.2, 0.25) is 0 Å². The fourth-order valence-electron chi connectivity index (χ4n) is 4.31. The lowest BCUT2D eigenvalue weighted by atomic mass is 9.76. The van der Waals surface area contributed by atoms with Crippen molar-refractivity contribution in [2.45, 2.75) is 114 Å². The first-order valence-electron chi connectivity index (χ1n) is 12.5. The Morgan fingerprint density at radius 1 is 1.12 bits per heavy atom. The van der Waals surface area contributed by atoms with Crippen molar-refractivity contribution in [3.63, 3.8) is 0 Å². The van der Waals surface area contributed by atoms with E-state index in [2.05, 4.69) is 29.4 Å². The van der Waals surface area contributed by atoms with Crippen LogP contribution < -0.4 is 0 Å². The molecule has 0 amide bonds. The Labute approximate surface area is 204 Å². The fourth-order valence-corrected chi connectivity index (χ4v) is 4.80. The van der Waals surface area contributed by atoms with Crippen molar-refractivity contribution in [2.75, 3.05) is 7.11 Å². The summed E-state index contributed by atoms with van der Waals surface area (Å²) in [6.07, 6.45) is 13.2. The van der Waals surface area contributed by atoms with Crippen LogP contribution in [-0.4, -0.2) is 18.8 Å². The van der Waals surface area contributed by atoms with Gasteiger partial charge in [-0.3, -0.25) is 0 Å². The van der Waals surface area contributed by atoms with Gasteiger partial charge < -0.3 is 9.47 Å². The van der Waals surface area contributed by atoms with E-state index in [9.17, 15) is 4.39 Å². The van der Waals surface area contributed by atoms with Crippen LogP contribution in [0.3, 0.4) is 0 Å². The first kappa shape index (κ1) is 27.4. The third-order valence-corrected chi connectivity index (χ3v) is 7.59. The number of allylic oxidation sites excluding steroid dienone is 1. The highest BCUT2D eigenvalue weighted by molar-refractivity contribution is 9.09. The van der Waals surface area contributed by atoms with Crippen LogP contribution in [0.2, 0.25) is 0 Å². The smallest absolute Gasteiger partial charge is 0.123 e. The second kappa shape index (κ2) is 13.1. The minimum Gasteiger partial charge on any atom is -0.492 e. The molecule has 0 aliphatic heterocycles. The Kier molecular flexibility index (Phi) is 11.2. The molecule has 1 aromatic rings. The normalized spacial score (nSPS) is 19.0. The second-order valence-electron chi connectivity index (χ2n) is 10.4. The zero-order chi connectivity index (χ0) is 23.7. The molecule has 2 saturated carbocycles. The molecule has 3 unspecified atom stereocenters. The lowest BCUT2D eigenvalue weighted by molar-refractivity contribution is 0.0414. The van der Waals surface area contributed by atoms with Crippen LogP contribution in [0, 0.1) is 11.7 Å². The van der Waals surface area contributed by atoms with Gasteiger partial charge in [-0.2, -0.15) is 0 Å². The van der Waals surface area contributed by atoms with E-state index < -0.39 is 0 Å². The lowest BCUT2D eigenvalue weighted by Crippen LogP contribution is -2.28. The SMILES string of the molecule is C1CCC1.C=C(OC(C)(C)C)C(Br)c1cc(F)ccc1C(CCC)C(CC1CCC1)OC. The van der Waals surface area contributed by atoms with Gasteiger partial charge >= 0.3 is 0 Å². The molecule has 2 fully saturated rings. The standard InChI is InChI=1S/C24H36BrFO2.C4H8/c1-7-9-20(22(27-6)14-17-10-8-11-17)19-13-12-18(26)15-21(19)23(25)16(2)28-24(3,4)5;1-2-4-3-1/h12-13,15,17,20,22-23H,2,7-11,14H2,1,3-6H3;1-4H2. The van der Waals surface area contributed by atoms with Crippen LogP contribution in [-0.2, 0) is 9.47 Å². The Morgan fingerprint density at radius 3 is 2.19 bits per heavy atom. The maximum atomic E-state index is 14.2. The van der Waals surface area contributed by atoms with E-state index in [-0.39, 0.29) is 28.3 Å². The van der Waals surface area contributed by atoms with E-state index in [1.54, 1.807) is 12.1 Å². The Hall–Kier alpha value is -0.870. The summed E-state index contributed by atoms with van der Waals surface area (Å²) in [5.74, 6) is 1.35. The largest absolute Gasteiger partial charge is 0.492 e. The average Bonchev–Trinajstić information content (AvgIpc) is 2.63. The van der Waals surface area contributed by atoms with E-state index in [0.29, 0.717) is 5.76 Å². The van der Waals surface area contributed by atoms with Gasteiger partial charge in [0.25, 0.3) is 0 Å². The van der Waals surface area contributed by atoms with Gasteiger partial charge in [0.1, 0.15) is 17.2 Å². The molecule has 0 radical (unpaired) electrons. The second-order valence-corrected chi connectivity index (χ2v) is 11.3. The number of rotatable bonds is 10. The molecule has 2 aliphatic rings. The molecule has 2 nitrogen and oxygen atoms in total. The Balaban J connectivity index is 0.000000813. The molecule has 0 bridgehead atoms. The van der Waals surface area contributed by atoms with E-state index in [4.69, 9.17) is 9.47 Å². The predicted molar refractivity (Wildman–Crippen MR) is 137 cm³/mol. The third kappa shape index (κ3) is 8.48. The maximum Gasteiger partial charge on any atom is 0.123 e. The molecule has 0 aromatic heterocycles. The van der Waals surface area contributed by atoms with Crippen molar-refractivity contribution < 1.29 is 13.9 Å². The zero-order valence-corrected chi connectivity index (χ0v) is 22.5. The molecule has 4 heteroatoms. The number of hydrogen-bond donors (Lipinski definition) is 0. The van der Waals surface area contributed by atoms with Gasteiger partial charge in [0.05, 0.1) is 10.9 Å². The minimum atomic E-state index is -0.349. The summed E-state index contributed by atoms with van der Waals surface area (Å²) in [7, 11) is 1.81. The summed E-state index contributed by atoms with van der Waals surface area (Å²) in [5.41, 5.74) is 1.68. The molecular weight excluding hydrogens is 467 g/mol. The lowest BCUT2D eigenvalue weighted by Gasteiger charge is -2.35. The van der Waals surface area contributed by atoms with Crippen LogP contribution in [0.15, 0.2) is 30.5 Å². The van der Waals surface area contributed by atoms with Gasteiger partial charge in [0.15, 0.2) is 0 Å². The van der Waals surface area contributed by atoms with Crippen LogP contribution in [0.5, 0.6) is 0 Å². The van der Waals surface area contributed by atoms with Crippen LogP contribution >= 0.6 is 15.9 Å². The molecule has 3 atom stereocenters. The fraction of sp³-hybridized carbons (Fsp3) is 0.714. The van der Waals surface area contributed by atoms with Gasteiger partial charge in [-0.05, 0) is 62.8 Å². The van der Waals surface area contributed by atoms with Gasteiger partial charge in [-0.1, -0.05) is 86.9 Å².